The molecule has 1 N–H and O–H groups in total. The first-order chi connectivity index (χ1) is 13.9. The van der Waals surface area contributed by atoms with Crippen LogP contribution in [0.4, 0.5) is 13.2 Å². The quantitative estimate of drug-likeness (QED) is 0.789. The smallest absolute Gasteiger partial charge is 0.347 e. The highest BCUT2D eigenvalue weighted by Gasteiger charge is 2.33. The second-order valence-electron chi connectivity index (χ2n) is 7.87. The van der Waals surface area contributed by atoms with Gasteiger partial charge in [-0.3, -0.25) is 9.59 Å². The molecule has 0 fully saturated rings. The van der Waals surface area contributed by atoms with E-state index in [2.05, 4.69) is 5.32 Å². The van der Waals surface area contributed by atoms with Crippen molar-refractivity contribution in [3.8, 4) is 6.07 Å². The van der Waals surface area contributed by atoms with Crippen LogP contribution in [-0.4, -0.2) is 35.0 Å². The van der Waals surface area contributed by atoms with Gasteiger partial charge in [-0.1, -0.05) is 12.1 Å². The Morgan fingerprint density at radius 2 is 1.50 bits per heavy atom. The Bertz CT molecular complexity index is 938. The number of benzene rings is 2. The summed E-state index contributed by atoms with van der Waals surface area (Å²) in [5, 5.41) is 11.6. The maximum atomic E-state index is 13.0. The van der Waals surface area contributed by atoms with Crippen molar-refractivity contribution in [2.75, 3.05) is 6.54 Å². The van der Waals surface area contributed by atoms with E-state index in [1.807, 2.05) is 26.8 Å². The van der Waals surface area contributed by atoms with Crippen molar-refractivity contribution in [1.82, 2.24) is 10.2 Å². The average Bonchev–Trinajstić information content (AvgIpc) is 2.65. The molecule has 0 aromatic heterocycles. The van der Waals surface area contributed by atoms with E-state index in [9.17, 15) is 22.8 Å². The largest absolute Gasteiger partial charge is 0.406 e. The number of hydrogen-bond donors (Lipinski definition) is 1. The van der Waals surface area contributed by atoms with Gasteiger partial charge in [-0.15, -0.1) is 0 Å². The van der Waals surface area contributed by atoms with Crippen molar-refractivity contribution in [3.63, 3.8) is 0 Å². The molecule has 0 saturated heterocycles. The van der Waals surface area contributed by atoms with Gasteiger partial charge in [0.15, 0.2) is 0 Å². The number of nitriles is 1. The summed E-state index contributed by atoms with van der Waals surface area (Å²) < 4.78 is 39.1. The Hall–Kier alpha value is -3.34. The molecule has 30 heavy (non-hydrogen) atoms. The Morgan fingerprint density at radius 3 is 1.97 bits per heavy atom. The van der Waals surface area contributed by atoms with Gasteiger partial charge in [-0.25, -0.2) is 0 Å². The number of hydrogen-bond acceptors (Lipinski definition) is 3. The SMILES string of the molecule is CC(C)(C)NC(=O)c1ccc(C(=O)N(Cc2ccc(C#N)cc2)CC(F)(F)F)cc1. The van der Waals surface area contributed by atoms with E-state index in [1.54, 1.807) is 0 Å². The molecular weight excluding hydrogens is 395 g/mol. The van der Waals surface area contributed by atoms with Crippen LogP contribution in [0.2, 0.25) is 0 Å². The summed E-state index contributed by atoms with van der Waals surface area (Å²) in [5.74, 6) is -1.15. The zero-order chi connectivity index (χ0) is 22.5. The number of halogens is 3. The fraction of sp³-hybridized carbons (Fsp3) is 0.318. The summed E-state index contributed by atoms with van der Waals surface area (Å²) in [4.78, 5) is 25.6. The molecule has 0 aliphatic rings. The van der Waals surface area contributed by atoms with E-state index in [4.69, 9.17) is 5.26 Å². The molecule has 0 spiro atoms. The monoisotopic (exact) mass is 417 g/mol. The van der Waals surface area contributed by atoms with Gasteiger partial charge in [0.1, 0.15) is 6.54 Å². The van der Waals surface area contributed by atoms with Gasteiger partial charge < -0.3 is 10.2 Å². The Kier molecular flexibility index (Phi) is 6.88. The first-order valence-corrected chi connectivity index (χ1v) is 9.15. The third kappa shape index (κ3) is 6.92. The van der Waals surface area contributed by atoms with Crippen LogP contribution in [0.3, 0.4) is 0 Å². The third-order valence-corrected chi connectivity index (χ3v) is 4.00. The second kappa shape index (κ2) is 8.99. The Balaban J connectivity index is 2.22. The Labute approximate surface area is 173 Å². The van der Waals surface area contributed by atoms with Crippen LogP contribution in [0.25, 0.3) is 0 Å². The maximum Gasteiger partial charge on any atom is 0.406 e. The number of nitrogens with zero attached hydrogens (tertiary/aromatic N) is 2. The van der Waals surface area contributed by atoms with Gasteiger partial charge in [0.05, 0.1) is 11.6 Å². The van der Waals surface area contributed by atoms with Crippen LogP contribution in [0.5, 0.6) is 0 Å². The fourth-order valence-electron chi connectivity index (χ4n) is 2.68. The standard InChI is InChI=1S/C22H22F3N3O2/c1-21(2,3)27-19(29)17-8-10-18(11-9-17)20(30)28(14-22(23,24)25)13-16-6-4-15(12-26)5-7-16/h4-11H,13-14H2,1-3H3,(H,27,29). The van der Waals surface area contributed by atoms with Crippen molar-refractivity contribution >= 4 is 11.8 Å². The molecule has 5 nitrogen and oxygen atoms in total. The molecule has 0 bridgehead atoms. The molecule has 8 heteroatoms. The predicted molar refractivity (Wildman–Crippen MR) is 106 cm³/mol. The molecule has 158 valence electrons. The normalized spacial score (nSPS) is 11.5. The lowest BCUT2D eigenvalue weighted by Gasteiger charge is -2.24. The van der Waals surface area contributed by atoms with E-state index < -0.39 is 24.2 Å². The number of carbonyl (C=O) groups excluding carboxylic acids is 2. The van der Waals surface area contributed by atoms with Crippen molar-refractivity contribution in [1.29, 1.82) is 5.26 Å². The van der Waals surface area contributed by atoms with Crippen molar-refractivity contribution in [2.45, 2.75) is 39.0 Å². The van der Waals surface area contributed by atoms with Crippen molar-refractivity contribution in [3.05, 3.63) is 70.8 Å². The molecule has 0 atom stereocenters. The van der Waals surface area contributed by atoms with Crippen LogP contribution >= 0.6 is 0 Å². The maximum absolute atomic E-state index is 13.0. The minimum absolute atomic E-state index is 0.0419. The summed E-state index contributed by atoms with van der Waals surface area (Å²) in [7, 11) is 0. The summed E-state index contributed by atoms with van der Waals surface area (Å²) in [6, 6.07) is 13.4. The summed E-state index contributed by atoms with van der Waals surface area (Å²) in [6.07, 6.45) is -4.57. The van der Waals surface area contributed by atoms with Gasteiger partial charge in [0, 0.05) is 23.2 Å². The molecule has 0 unspecified atom stereocenters. The number of nitrogens with one attached hydrogen (secondary N) is 1. The average molecular weight is 417 g/mol. The van der Waals surface area contributed by atoms with Crippen LogP contribution < -0.4 is 5.32 Å². The van der Waals surface area contributed by atoms with Gasteiger partial charge in [0.2, 0.25) is 0 Å². The van der Waals surface area contributed by atoms with Gasteiger partial charge in [-0.05, 0) is 62.7 Å². The number of alkyl halides is 3. The lowest BCUT2D eigenvalue weighted by molar-refractivity contribution is -0.141. The summed E-state index contributed by atoms with van der Waals surface area (Å²) in [5.41, 5.74) is 0.733. The minimum atomic E-state index is -4.57. The molecule has 2 aromatic carbocycles. The zero-order valence-corrected chi connectivity index (χ0v) is 16.9. The molecule has 0 aliphatic carbocycles. The molecule has 0 aliphatic heterocycles. The first kappa shape index (κ1) is 22.9. The van der Waals surface area contributed by atoms with Crippen LogP contribution in [0.15, 0.2) is 48.5 Å². The molecule has 0 saturated carbocycles. The highest BCUT2D eigenvalue weighted by Crippen LogP contribution is 2.21. The van der Waals surface area contributed by atoms with E-state index in [1.165, 1.54) is 48.5 Å². The topological polar surface area (TPSA) is 73.2 Å². The number of rotatable bonds is 5. The van der Waals surface area contributed by atoms with Gasteiger partial charge >= 0.3 is 6.18 Å². The molecular formula is C22H22F3N3O2. The minimum Gasteiger partial charge on any atom is -0.347 e. The third-order valence-electron chi connectivity index (χ3n) is 4.00. The van der Waals surface area contributed by atoms with E-state index in [0.717, 1.165) is 0 Å². The van der Waals surface area contributed by atoms with E-state index >= 15 is 0 Å². The summed E-state index contributed by atoms with van der Waals surface area (Å²) in [6.45, 7) is 3.78. The van der Waals surface area contributed by atoms with Gasteiger partial charge in [0.25, 0.3) is 11.8 Å². The Morgan fingerprint density at radius 1 is 0.967 bits per heavy atom. The fourth-order valence-corrected chi connectivity index (χ4v) is 2.68. The highest BCUT2D eigenvalue weighted by atomic mass is 19.4. The first-order valence-electron chi connectivity index (χ1n) is 9.15. The lowest BCUT2D eigenvalue weighted by atomic mass is 10.1. The number of amides is 2. The zero-order valence-electron chi connectivity index (χ0n) is 16.9. The summed E-state index contributed by atoms with van der Waals surface area (Å²) >= 11 is 0. The molecule has 2 amide bonds. The van der Waals surface area contributed by atoms with E-state index in [-0.39, 0.29) is 18.0 Å². The van der Waals surface area contributed by atoms with Crippen LogP contribution in [0.1, 0.15) is 52.6 Å². The van der Waals surface area contributed by atoms with Crippen molar-refractivity contribution < 1.29 is 22.8 Å². The molecule has 0 radical (unpaired) electrons. The van der Waals surface area contributed by atoms with E-state index in [0.29, 0.717) is 21.6 Å². The molecule has 2 rings (SSSR count). The number of carbonyl (C=O) groups is 2. The highest BCUT2D eigenvalue weighted by molar-refractivity contribution is 5.98. The predicted octanol–water partition coefficient (Wildman–Crippen LogP) is 4.29. The lowest BCUT2D eigenvalue weighted by Crippen LogP contribution is -2.40. The molecule has 0 heterocycles. The van der Waals surface area contributed by atoms with Crippen molar-refractivity contribution in [2.24, 2.45) is 0 Å². The molecule has 2 aromatic rings. The van der Waals surface area contributed by atoms with Crippen LogP contribution in [-0.2, 0) is 6.54 Å². The van der Waals surface area contributed by atoms with Gasteiger partial charge in [-0.2, -0.15) is 18.4 Å². The second-order valence-corrected chi connectivity index (χ2v) is 7.87. The van der Waals surface area contributed by atoms with Crippen LogP contribution in [0, 0.1) is 11.3 Å².